The maximum Gasteiger partial charge on any atom is 0.220 e. The number of nitrogens with one attached hydrogen (secondary N) is 1. The van der Waals surface area contributed by atoms with Crippen LogP contribution in [0.4, 0.5) is 0 Å². The summed E-state index contributed by atoms with van der Waals surface area (Å²) in [7, 11) is 0. The van der Waals surface area contributed by atoms with Crippen molar-refractivity contribution in [2.45, 2.75) is 31.7 Å². The van der Waals surface area contributed by atoms with Crippen LogP contribution in [0.1, 0.15) is 24.1 Å². The van der Waals surface area contributed by atoms with E-state index < -0.39 is 0 Å². The minimum Gasteiger partial charge on any atom is -0.353 e. The summed E-state index contributed by atoms with van der Waals surface area (Å²) in [5.41, 5.74) is 0. The molecule has 0 aromatic carbocycles. The molecule has 0 atom stereocenters. The first-order chi connectivity index (χ1) is 6.34. The van der Waals surface area contributed by atoms with Crippen LogP contribution >= 0.6 is 11.3 Å². The van der Waals surface area contributed by atoms with Crippen LogP contribution in [0.15, 0.2) is 17.5 Å². The Morgan fingerprint density at radius 1 is 1.62 bits per heavy atom. The van der Waals surface area contributed by atoms with Gasteiger partial charge in [0.1, 0.15) is 0 Å². The summed E-state index contributed by atoms with van der Waals surface area (Å²) in [6.07, 6.45) is 3.86. The number of hydrogen-bond donors (Lipinski definition) is 1. The van der Waals surface area contributed by atoms with Crippen molar-refractivity contribution in [2.24, 2.45) is 0 Å². The molecule has 0 bridgehead atoms. The first kappa shape index (κ1) is 8.75. The van der Waals surface area contributed by atoms with Gasteiger partial charge in [-0.1, -0.05) is 6.07 Å². The lowest BCUT2D eigenvalue weighted by atomic mass is 10.2. The third kappa shape index (κ3) is 2.84. The third-order valence-electron chi connectivity index (χ3n) is 2.12. The molecule has 0 unspecified atom stereocenters. The van der Waals surface area contributed by atoms with Crippen LogP contribution < -0.4 is 5.32 Å². The smallest absolute Gasteiger partial charge is 0.220 e. The van der Waals surface area contributed by atoms with Crippen molar-refractivity contribution < 1.29 is 4.79 Å². The lowest BCUT2D eigenvalue weighted by Crippen LogP contribution is -2.25. The first-order valence-corrected chi connectivity index (χ1v) is 5.54. The zero-order chi connectivity index (χ0) is 9.10. The second-order valence-corrected chi connectivity index (χ2v) is 4.45. The number of thiophene rings is 1. The summed E-state index contributed by atoms with van der Waals surface area (Å²) in [5, 5.41) is 5.03. The minimum absolute atomic E-state index is 0.205. The third-order valence-corrected chi connectivity index (χ3v) is 3.06. The molecule has 0 aliphatic heterocycles. The molecule has 1 N–H and O–H groups in total. The van der Waals surface area contributed by atoms with Gasteiger partial charge in [-0.25, -0.2) is 0 Å². The van der Waals surface area contributed by atoms with E-state index >= 15 is 0 Å². The highest BCUT2D eigenvalue weighted by atomic mass is 32.1. The van der Waals surface area contributed by atoms with E-state index in [9.17, 15) is 4.79 Å². The van der Waals surface area contributed by atoms with E-state index in [0.29, 0.717) is 12.5 Å². The molecule has 1 amide bonds. The van der Waals surface area contributed by atoms with E-state index in [2.05, 4.69) is 11.4 Å². The van der Waals surface area contributed by atoms with Gasteiger partial charge in [0.05, 0.1) is 0 Å². The van der Waals surface area contributed by atoms with Gasteiger partial charge in [-0.05, 0) is 30.7 Å². The molecule has 0 radical (unpaired) electrons. The van der Waals surface area contributed by atoms with Gasteiger partial charge in [0.25, 0.3) is 0 Å². The van der Waals surface area contributed by atoms with Gasteiger partial charge in [-0.3, -0.25) is 4.79 Å². The lowest BCUT2D eigenvalue weighted by molar-refractivity contribution is -0.121. The van der Waals surface area contributed by atoms with Gasteiger partial charge in [0, 0.05) is 17.3 Å². The maximum atomic E-state index is 11.3. The molecule has 2 rings (SSSR count). The normalized spacial score (nSPS) is 15.7. The van der Waals surface area contributed by atoms with E-state index in [1.807, 2.05) is 11.4 Å². The van der Waals surface area contributed by atoms with Crippen molar-refractivity contribution >= 4 is 17.2 Å². The summed E-state index contributed by atoms with van der Waals surface area (Å²) in [4.78, 5) is 12.6. The van der Waals surface area contributed by atoms with E-state index in [1.165, 1.54) is 17.7 Å². The summed E-state index contributed by atoms with van der Waals surface area (Å²) in [5.74, 6) is 0.205. The standard InChI is InChI=1S/C10H13NOS/c12-10(11-8-3-4-8)6-5-9-2-1-7-13-9/h1-2,7-8H,3-6H2,(H,11,12). The minimum atomic E-state index is 0.205. The van der Waals surface area contributed by atoms with E-state index in [-0.39, 0.29) is 5.91 Å². The highest BCUT2D eigenvalue weighted by Crippen LogP contribution is 2.19. The molecule has 0 spiro atoms. The molecule has 70 valence electrons. The highest BCUT2D eigenvalue weighted by Gasteiger charge is 2.22. The molecule has 13 heavy (non-hydrogen) atoms. The largest absolute Gasteiger partial charge is 0.353 e. The fraction of sp³-hybridized carbons (Fsp3) is 0.500. The van der Waals surface area contributed by atoms with Gasteiger partial charge in [0.15, 0.2) is 0 Å². The van der Waals surface area contributed by atoms with E-state index in [4.69, 9.17) is 0 Å². The quantitative estimate of drug-likeness (QED) is 0.781. The number of amides is 1. The first-order valence-electron chi connectivity index (χ1n) is 4.66. The van der Waals surface area contributed by atoms with Crippen LogP contribution in [0.2, 0.25) is 0 Å². The number of carbonyl (C=O) groups excluding carboxylic acids is 1. The molecule has 1 aliphatic carbocycles. The van der Waals surface area contributed by atoms with Gasteiger partial charge >= 0.3 is 0 Å². The number of carbonyl (C=O) groups is 1. The Kier molecular flexibility index (Phi) is 2.64. The molecule has 1 heterocycles. The zero-order valence-corrected chi connectivity index (χ0v) is 8.27. The molecule has 0 saturated heterocycles. The van der Waals surface area contributed by atoms with Crippen molar-refractivity contribution in [1.29, 1.82) is 0 Å². The molecule has 1 saturated carbocycles. The van der Waals surface area contributed by atoms with Crippen molar-refractivity contribution in [3.05, 3.63) is 22.4 Å². The molecule has 1 aliphatic rings. The molecule has 3 heteroatoms. The SMILES string of the molecule is O=C(CCc1cccs1)NC1CC1. The van der Waals surface area contributed by atoms with E-state index in [0.717, 1.165) is 6.42 Å². The monoisotopic (exact) mass is 195 g/mol. The van der Waals surface area contributed by atoms with Gasteiger partial charge in [-0.2, -0.15) is 0 Å². The maximum absolute atomic E-state index is 11.3. The van der Waals surface area contributed by atoms with Crippen molar-refractivity contribution in [2.75, 3.05) is 0 Å². The predicted octanol–water partition coefficient (Wildman–Crippen LogP) is 1.96. The fourth-order valence-electron chi connectivity index (χ4n) is 1.22. The second-order valence-electron chi connectivity index (χ2n) is 3.42. The molecule has 1 fully saturated rings. The Bertz CT molecular complexity index is 277. The molecule has 2 nitrogen and oxygen atoms in total. The van der Waals surface area contributed by atoms with E-state index in [1.54, 1.807) is 11.3 Å². The van der Waals surface area contributed by atoms with Crippen molar-refractivity contribution in [1.82, 2.24) is 5.32 Å². The summed E-state index contributed by atoms with van der Waals surface area (Å²) >= 11 is 1.72. The average molecular weight is 195 g/mol. The van der Waals surface area contributed by atoms with Crippen molar-refractivity contribution in [3.63, 3.8) is 0 Å². The van der Waals surface area contributed by atoms with Crippen LogP contribution in [0.5, 0.6) is 0 Å². The Labute approximate surface area is 82.0 Å². The number of rotatable bonds is 4. The van der Waals surface area contributed by atoms with Gasteiger partial charge < -0.3 is 5.32 Å². The predicted molar refractivity (Wildman–Crippen MR) is 53.8 cm³/mol. The Balaban J connectivity index is 1.69. The molecular formula is C10H13NOS. The Morgan fingerprint density at radius 3 is 3.08 bits per heavy atom. The summed E-state index contributed by atoms with van der Waals surface area (Å²) in [6, 6.07) is 4.60. The van der Waals surface area contributed by atoms with Gasteiger partial charge in [-0.15, -0.1) is 11.3 Å². The van der Waals surface area contributed by atoms with Crippen LogP contribution in [-0.2, 0) is 11.2 Å². The summed E-state index contributed by atoms with van der Waals surface area (Å²) < 4.78 is 0. The summed E-state index contributed by atoms with van der Waals surface area (Å²) in [6.45, 7) is 0. The van der Waals surface area contributed by atoms with Gasteiger partial charge in [0.2, 0.25) is 5.91 Å². The Morgan fingerprint density at radius 2 is 2.46 bits per heavy atom. The number of hydrogen-bond acceptors (Lipinski definition) is 2. The van der Waals surface area contributed by atoms with Crippen LogP contribution in [0.3, 0.4) is 0 Å². The second kappa shape index (κ2) is 3.92. The topological polar surface area (TPSA) is 29.1 Å². The van der Waals surface area contributed by atoms with Crippen molar-refractivity contribution in [3.8, 4) is 0 Å². The van der Waals surface area contributed by atoms with Crippen LogP contribution in [0, 0.1) is 0 Å². The Hall–Kier alpha value is -0.830. The molecular weight excluding hydrogens is 182 g/mol. The lowest BCUT2D eigenvalue weighted by Gasteiger charge is -2.00. The average Bonchev–Trinajstić information content (AvgIpc) is 2.78. The van der Waals surface area contributed by atoms with Crippen LogP contribution in [0.25, 0.3) is 0 Å². The molecule has 1 aromatic heterocycles. The highest BCUT2D eigenvalue weighted by molar-refractivity contribution is 7.09. The fourth-order valence-corrected chi connectivity index (χ4v) is 1.93. The molecule has 1 aromatic rings. The zero-order valence-electron chi connectivity index (χ0n) is 7.45. The van der Waals surface area contributed by atoms with Crippen LogP contribution in [-0.4, -0.2) is 11.9 Å². The number of aryl methyl sites for hydroxylation is 1.